The van der Waals surface area contributed by atoms with E-state index in [-0.39, 0.29) is 29.7 Å². The molecule has 1 heterocycles. The number of carbonyl (C=O) groups is 1. The molecule has 142 valence electrons. The summed E-state index contributed by atoms with van der Waals surface area (Å²) < 4.78 is 26.7. The van der Waals surface area contributed by atoms with Crippen molar-refractivity contribution in [3.63, 3.8) is 0 Å². The Morgan fingerprint density at radius 3 is 2.26 bits per heavy atom. The number of hydrogen-bond donors (Lipinski definition) is 2. The van der Waals surface area contributed by atoms with E-state index in [2.05, 4.69) is 0 Å². The van der Waals surface area contributed by atoms with Crippen molar-refractivity contribution in [1.29, 1.82) is 5.41 Å². The standard InChI is InChI=1S/C19H22N4O3S/c1-14-2-8-17(9-3-14)27(25,26)23-11-10-22(18(24)13-23)12-15-4-6-16(7-5-15)19(20)21/h2-9H,10-13H2,1H3,(H3,20,21). The molecule has 0 aromatic heterocycles. The van der Waals surface area contributed by atoms with Crippen molar-refractivity contribution in [3.8, 4) is 0 Å². The predicted octanol–water partition coefficient (Wildman–Crippen LogP) is 1.31. The van der Waals surface area contributed by atoms with Crippen LogP contribution in [0.4, 0.5) is 0 Å². The SMILES string of the molecule is Cc1ccc(S(=O)(=O)N2CCN(Cc3ccc(C(=N)N)cc3)C(=O)C2)cc1. The summed E-state index contributed by atoms with van der Waals surface area (Å²) in [5, 5.41) is 7.40. The molecule has 0 bridgehead atoms. The van der Waals surface area contributed by atoms with Crippen LogP contribution >= 0.6 is 0 Å². The molecule has 1 aliphatic rings. The molecule has 1 amide bonds. The first-order chi connectivity index (χ1) is 12.8. The Morgan fingerprint density at radius 2 is 1.70 bits per heavy atom. The van der Waals surface area contributed by atoms with E-state index >= 15 is 0 Å². The monoisotopic (exact) mass is 386 g/mol. The van der Waals surface area contributed by atoms with Gasteiger partial charge < -0.3 is 10.6 Å². The van der Waals surface area contributed by atoms with Gasteiger partial charge in [0.15, 0.2) is 0 Å². The van der Waals surface area contributed by atoms with Gasteiger partial charge >= 0.3 is 0 Å². The topological polar surface area (TPSA) is 108 Å². The average Bonchev–Trinajstić information content (AvgIpc) is 2.64. The number of amides is 1. The van der Waals surface area contributed by atoms with Crippen molar-refractivity contribution in [2.24, 2.45) is 5.73 Å². The van der Waals surface area contributed by atoms with E-state index in [9.17, 15) is 13.2 Å². The van der Waals surface area contributed by atoms with E-state index in [0.717, 1.165) is 11.1 Å². The minimum Gasteiger partial charge on any atom is -0.384 e. The van der Waals surface area contributed by atoms with Crippen LogP contribution in [0.15, 0.2) is 53.4 Å². The number of sulfonamides is 1. The van der Waals surface area contributed by atoms with Crippen LogP contribution in [-0.4, -0.2) is 49.0 Å². The lowest BCUT2D eigenvalue weighted by Crippen LogP contribution is -2.51. The summed E-state index contributed by atoms with van der Waals surface area (Å²) in [7, 11) is -3.67. The van der Waals surface area contributed by atoms with Crippen LogP contribution in [0.5, 0.6) is 0 Å². The second-order valence-corrected chi connectivity index (χ2v) is 8.52. The Kier molecular flexibility index (Phi) is 5.29. The average molecular weight is 386 g/mol. The summed E-state index contributed by atoms with van der Waals surface area (Å²) in [4.78, 5) is 14.3. The summed E-state index contributed by atoms with van der Waals surface area (Å²) in [6.07, 6.45) is 0. The lowest BCUT2D eigenvalue weighted by molar-refractivity contribution is -0.134. The summed E-state index contributed by atoms with van der Waals surface area (Å²) >= 11 is 0. The van der Waals surface area contributed by atoms with Gasteiger partial charge in [-0.25, -0.2) is 8.42 Å². The van der Waals surface area contributed by atoms with Gasteiger partial charge in [-0.15, -0.1) is 0 Å². The summed E-state index contributed by atoms with van der Waals surface area (Å²) in [5.74, 6) is -0.236. The normalized spacial score (nSPS) is 15.7. The van der Waals surface area contributed by atoms with Crippen molar-refractivity contribution >= 4 is 21.8 Å². The Morgan fingerprint density at radius 1 is 1.07 bits per heavy atom. The maximum atomic E-state index is 12.7. The molecule has 8 heteroatoms. The Hall–Kier alpha value is -2.71. The largest absolute Gasteiger partial charge is 0.384 e. The van der Waals surface area contributed by atoms with E-state index < -0.39 is 10.0 Å². The van der Waals surface area contributed by atoms with E-state index in [1.165, 1.54) is 4.31 Å². The molecule has 7 nitrogen and oxygen atoms in total. The number of carbonyl (C=O) groups excluding carboxylic acids is 1. The fourth-order valence-corrected chi connectivity index (χ4v) is 4.31. The molecule has 0 spiro atoms. The van der Waals surface area contributed by atoms with Gasteiger partial charge in [0.25, 0.3) is 0 Å². The molecule has 1 saturated heterocycles. The molecule has 2 aromatic carbocycles. The van der Waals surface area contributed by atoms with Crippen LogP contribution in [0, 0.1) is 12.3 Å². The fraction of sp³-hybridized carbons (Fsp3) is 0.263. The highest BCUT2D eigenvalue weighted by Crippen LogP contribution is 2.19. The molecule has 27 heavy (non-hydrogen) atoms. The molecule has 3 N–H and O–H groups in total. The van der Waals surface area contributed by atoms with Gasteiger partial charge in [0.2, 0.25) is 15.9 Å². The van der Waals surface area contributed by atoms with Crippen molar-refractivity contribution in [1.82, 2.24) is 9.21 Å². The van der Waals surface area contributed by atoms with Crippen LogP contribution in [-0.2, 0) is 21.4 Å². The van der Waals surface area contributed by atoms with Crippen LogP contribution in [0.3, 0.4) is 0 Å². The van der Waals surface area contributed by atoms with Gasteiger partial charge in [0.05, 0.1) is 11.4 Å². The maximum absolute atomic E-state index is 12.7. The number of piperazine rings is 1. The number of rotatable bonds is 5. The predicted molar refractivity (Wildman–Crippen MR) is 103 cm³/mol. The molecule has 0 atom stereocenters. The Balaban J connectivity index is 1.67. The summed E-state index contributed by atoms with van der Waals surface area (Å²) in [6.45, 7) is 2.71. The third-order valence-corrected chi connectivity index (χ3v) is 6.44. The second-order valence-electron chi connectivity index (χ2n) is 6.58. The lowest BCUT2D eigenvalue weighted by Gasteiger charge is -2.33. The van der Waals surface area contributed by atoms with Gasteiger partial charge in [-0.05, 0) is 24.6 Å². The fourth-order valence-electron chi connectivity index (χ4n) is 2.93. The van der Waals surface area contributed by atoms with Gasteiger partial charge in [-0.1, -0.05) is 42.0 Å². The quantitative estimate of drug-likeness (QED) is 0.597. The Bertz CT molecular complexity index is 953. The van der Waals surface area contributed by atoms with Gasteiger partial charge in [-0.2, -0.15) is 4.31 Å². The smallest absolute Gasteiger partial charge is 0.243 e. The molecule has 0 radical (unpaired) electrons. The number of nitrogens with one attached hydrogen (secondary N) is 1. The first kappa shape index (κ1) is 19.1. The molecular formula is C19H22N4O3S. The molecule has 1 fully saturated rings. The molecule has 2 aromatic rings. The highest BCUT2D eigenvalue weighted by molar-refractivity contribution is 7.89. The van der Waals surface area contributed by atoms with Crippen molar-refractivity contribution < 1.29 is 13.2 Å². The number of amidine groups is 1. The van der Waals surface area contributed by atoms with E-state index in [4.69, 9.17) is 11.1 Å². The molecule has 0 saturated carbocycles. The number of nitrogens with two attached hydrogens (primary N) is 1. The van der Waals surface area contributed by atoms with Gasteiger partial charge in [0, 0.05) is 25.2 Å². The number of nitrogen functional groups attached to an aromatic ring is 1. The number of hydrogen-bond acceptors (Lipinski definition) is 4. The number of benzene rings is 2. The van der Waals surface area contributed by atoms with Crippen molar-refractivity contribution in [3.05, 3.63) is 65.2 Å². The van der Waals surface area contributed by atoms with Crippen LogP contribution in [0.2, 0.25) is 0 Å². The molecular weight excluding hydrogens is 364 g/mol. The summed E-state index contributed by atoms with van der Waals surface area (Å²) in [5.41, 5.74) is 7.95. The van der Waals surface area contributed by atoms with E-state index in [1.807, 2.05) is 19.1 Å². The third-order valence-electron chi connectivity index (χ3n) is 4.58. The minimum atomic E-state index is -3.67. The zero-order chi connectivity index (χ0) is 19.6. The van der Waals surface area contributed by atoms with Crippen molar-refractivity contribution in [2.45, 2.75) is 18.4 Å². The number of aryl methyl sites for hydroxylation is 1. The van der Waals surface area contributed by atoms with Crippen LogP contribution in [0.25, 0.3) is 0 Å². The van der Waals surface area contributed by atoms with Crippen LogP contribution < -0.4 is 5.73 Å². The zero-order valence-electron chi connectivity index (χ0n) is 15.1. The first-order valence-electron chi connectivity index (χ1n) is 8.55. The first-order valence-corrected chi connectivity index (χ1v) is 9.99. The highest BCUT2D eigenvalue weighted by atomic mass is 32.2. The second kappa shape index (κ2) is 7.50. The Labute approximate surface area is 159 Å². The van der Waals surface area contributed by atoms with Gasteiger partial charge in [-0.3, -0.25) is 10.2 Å². The summed E-state index contributed by atoms with van der Waals surface area (Å²) in [6, 6.07) is 13.7. The molecule has 0 unspecified atom stereocenters. The molecule has 1 aliphatic heterocycles. The van der Waals surface area contributed by atoms with E-state index in [1.54, 1.807) is 41.3 Å². The minimum absolute atomic E-state index is 0.00690. The van der Waals surface area contributed by atoms with Gasteiger partial charge in [0.1, 0.15) is 5.84 Å². The molecule has 0 aliphatic carbocycles. The third kappa shape index (κ3) is 4.17. The molecule has 3 rings (SSSR count). The zero-order valence-corrected chi connectivity index (χ0v) is 15.9. The van der Waals surface area contributed by atoms with Crippen molar-refractivity contribution in [2.75, 3.05) is 19.6 Å². The highest BCUT2D eigenvalue weighted by Gasteiger charge is 2.32. The van der Waals surface area contributed by atoms with E-state index in [0.29, 0.717) is 18.7 Å². The maximum Gasteiger partial charge on any atom is 0.243 e. The van der Waals surface area contributed by atoms with Crippen LogP contribution in [0.1, 0.15) is 16.7 Å². The number of nitrogens with zero attached hydrogens (tertiary/aromatic N) is 2. The lowest BCUT2D eigenvalue weighted by atomic mass is 10.1.